The molecule has 0 aliphatic heterocycles. The van der Waals surface area contributed by atoms with Crippen molar-refractivity contribution in [3.05, 3.63) is 65.3 Å². The molecular weight excluding hydrogens is 280 g/mol. The molecule has 1 nitrogen and oxygen atoms in total. The van der Waals surface area contributed by atoms with Crippen molar-refractivity contribution in [2.45, 2.75) is 61.8 Å². The van der Waals surface area contributed by atoms with Gasteiger partial charge in [-0.2, -0.15) is 0 Å². The molecule has 0 unspecified atom stereocenters. The molecule has 0 saturated heterocycles. The Bertz CT molecular complexity index is 551. The number of aryl methyl sites for hydroxylation is 1. The predicted molar refractivity (Wildman–Crippen MR) is 106 cm³/mol. The third-order valence-corrected chi connectivity index (χ3v) is 2.90. The fourth-order valence-corrected chi connectivity index (χ4v) is 1.92. The highest BCUT2D eigenvalue weighted by Gasteiger charge is 2.11. The van der Waals surface area contributed by atoms with Crippen LogP contribution in [-0.4, -0.2) is 5.78 Å². The van der Waals surface area contributed by atoms with Gasteiger partial charge < -0.3 is 0 Å². The number of ketones is 1. The second-order valence-corrected chi connectivity index (χ2v) is 5.61. The molecule has 128 valence electrons. The van der Waals surface area contributed by atoms with Gasteiger partial charge in [0.05, 0.1) is 0 Å². The van der Waals surface area contributed by atoms with E-state index in [0.717, 1.165) is 23.1 Å². The monoisotopic (exact) mass is 314 g/mol. The molecule has 0 bridgehead atoms. The van der Waals surface area contributed by atoms with Gasteiger partial charge in [-0.3, -0.25) is 4.79 Å². The quantitative estimate of drug-likeness (QED) is 0.331. The molecule has 1 aromatic rings. The molecule has 1 aromatic carbocycles. The van der Waals surface area contributed by atoms with Crippen LogP contribution in [0.2, 0.25) is 0 Å². The van der Waals surface area contributed by atoms with Crippen molar-refractivity contribution in [3.63, 3.8) is 0 Å². The molecule has 0 amide bonds. The first-order valence-corrected chi connectivity index (χ1v) is 8.30. The van der Waals surface area contributed by atoms with E-state index in [1.165, 1.54) is 16.7 Å². The molecule has 0 heterocycles. The zero-order valence-electron chi connectivity index (χ0n) is 16.3. The molecule has 1 rings (SSSR count). The Kier molecular flexibility index (Phi) is 12.8. The lowest BCUT2D eigenvalue weighted by Crippen LogP contribution is -2.00. The summed E-state index contributed by atoms with van der Waals surface area (Å²) in [4.78, 5) is 11.7. The lowest BCUT2D eigenvalue weighted by atomic mass is 9.92. The number of carbonyl (C=O) groups is 1. The average Bonchev–Trinajstić information content (AvgIpc) is 2.49. The first kappa shape index (κ1) is 23.4. The van der Waals surface area contributed by atoms with Gasteiger partial charge in [0.25, 0.3) is 0 Å². The van der Waals surface area contributed by atoms with Crippen molar-refractivity contribution in [2.75, 3.05) is 0 Å². The Hall–Kier alpha value is -1.89. The van der Waals surface area contributed by atoms with Gasteiger partial charge in [-0.25, -0.2) is 0 Å². The minimum Gasteiger partial charge on any atom is -0.294 e. The molecule has 1 heteroatoms. The van der Waals surface area contributed by atoms with E-state index < -0.39 is 0 Å². The molecule has 0 radical (unpaired) electrons. The SMILES string of the molecule is C=C(C)C.C=CC(=C(C)C)c1ccc(CC)cc1C(C)=O.CC. The minimum absolute atomic E-state index is 0.107. The van der Waals surface area contributed by atoms with E-state index in [2.05, 4.69) is 26.1 Å². The number of Topliss-reactive ketones (excluding diaryl/α,β-unsaturated/α-hetero) is 1. The summed E-state index contributed by atoms with van der Waals surface area (Å²) in [5.74, 6) is 0.107. The molecule has 0 aliphatic rings. The Balaban J connectivity index is 0. The molecule has 0 aromatic heterocycles. The van der Waals surface area contributed by atoms with Crippen LogP contribution in [0, 0.1) is 0 Å². The fraction of sp³-hybridized carbons (Fsp3) is 0.409. The molecule has 0 N–H and O–H groups in total. The van der Waals surface area contributed by atoms with Crippen LogP contribution in [-0.2, 0) is 6.42 Å². The Morgan fingerprint density at radius 3 is 1.83 bits per heavy atom. The molecule has 0 saturated carbocycles. The van der Waals surface area contributed by atoms with Crippen molar-refractivity contribution in [3.8, 4) is 0 Å². The van der Waals surface area contributed by atoms with Crippen LogP contribution in [0.5, 0.6) is 0 Å². The first-order chi connectivity index (χ1) is 10.7. The van der Waals surface area contributed by atoms with E-state index in [-0.39, 0.29) is 5.78 Å². The van der Waals surface area contributed by atoms with Gasteiger partial charge in [-0.05, 0) is 63.8 Å². The molecule has 0 atom stereocenters. The van der Waals surface area contributed by atoms with Crippen LogP contribution in [0.3, 0.4) is 0 Å². The zero-order valence-corrected chi connectivity index (χ0v) is 16.3. The van der Waals surface area contributed by atoms with Crippen LogP contribution in [0.4, 0.5) is 0 Å². The molecular formula is C22H34O. The number of hydrogen-bond acceptors (Lipinski definition) is 1. The van der Waals surface area contributed by atoms with E-state index in [1.54, 1.807) is 6.92 Å². The number of hydrogen-bond donors (Lipinski definition) is 0. The maximum atomic E-state index is 11.7. The summed E-state index contributed by atoms with van der Waals surface area (Å²) in [5.41, 5.74) is 6.37. The summed E-state index contributed by atoms with van der Waals surface area (Å²) in [6.45, 7) is 23.1. The van der Waals surface area contributed by atoms with Crippen LogP contribution in [0.25, 0.3) is 5.57 Å². The highest BCUT2D eigenvalue weighted by molar-refractivity contribution is 6.00. The average molecular weight is 315 g/mol. The first-order valence-electron chi connectivity index (χ1n) is 8.30. The lowest BCUT2D eigenvalue weighted by molar-refractivity contribution is 0.101. The predicted octanol–water partition coefficient (Wildman–Crippen LogP) is 7.04. The summed E-state index contributed by atoms with van der Waals surface area (Å²) in [6, 6.07) is 6.10. The van der Waals surface area contributed by atoms with E-state index in [1.807, 2.05) is 59.8 Å². The van der Waals surface area contributed by atoms with Gasteiger partial charge in [0.1, 0.15) is 0 Å². The topological polar surface area (TPSA) is 17.1 Å². The van der Waals surface area contributed by atoms with Crippen molar-refractivity contribution in [2.24, 2.45) is 0 Å². The van der Waals surface area contributed by atoms with E-state index in [0.29, 0.717) is 0 Å². The maximum Gasteiger partial charge on any atom is 0.160 e. The van der Waals surface area contributed by atoms with Gasteiger partial charge in [-0.15, -0.1) is 6.58 Å². The standard InChI is InChI=1S/C16H20O.C4H8.C2H6/c1-6-13-8-9-15(14(7-2)11(3)4)16(10-13)12(5)17;1-4(2)3;1-2/h7-10H,2,6H2,1,3-5H3;1H2,2-3H3;1-2H3. The highest BCUT2D eigenvalue weighted by atomic mass is 16.1. The summed E-state index contributed by atoms with van der Waals surface area (Å²) in [5, 5.41) is 0. The van der Waals surface area contributed by atoms with Crippen molar-refractivity contribution < 1.29 is 4.79 Å². The van der Waals surface area contributed by atoms with E-state index in [9.17, 15) is 4.79 Å². The summed E-state index contributed by atoms with van der Waals surface area (Å²) in [6.07, 6.45) is 2.77. The van der Waals surface area contributed by atoms with Crippen LogP contribution in [0.1, 0.15) is 76.9 Å². The Morgan fingerprint density at radius 1 is 1.04 bits per heavy atom. The van der Waals surface area contributed by atoms with Crippen molar-refractivity contribution >= 4 is 11.4 Å². The molecule has 0 fully saturated rings. The van der Waals surface area contributed by atoms with Gasteiger partial charge in [0.2, 0.25) is 0 Å². The normalized spacial score (nSPS) is 8.70. The molecule has 0 aliphatic carbocycles. The largest absolute Gasteiger partial charge is 0.294 e. The van der Waals surface area contributed by atoms with Gasteiger partial charge in [0.15, 0.2) is 5.78 Å². The molecule has 0 spiro atoms. The van der Waals surface area contributed by atoms with Crippen LogP contribution in [0.15, 0.2) is 48.6 Å². The summed E-state index contributed by atoms with van der Waals surface area (Å²) in [7, 11) is 0. The van der Waals surface area contributed by atoms with Gasteiger partial charge in [0, 0.05) is 5.56 Å². The van der Waals surface area contributed by atoms with Crippen LogP contribution >= 0.6 is 0 Å². The van der Waals surface area contributed by atoms with Gasteiger partial charge >= 0.3 is 0 Å². The number of rotatable bonds is 4. The Labute approximate surface area is 143 Å². The Morgan fingerprint density at radius 2 is 1.52 bits per heavy atom. The third-order valence-electron chi connectivity index (χ3n) is 2.90. The van der Waals surface area contributed by atoms with E-state index >= 15 is 0 Å². The second-order valence-electron chi connectivity index (χ2n) is 5.61. The minimum atomic E-state index is 0.107. The van der Waals surface area contributed by atoms with Gasteiger partial charge in [-0.1, -0.05) is 56.7 Å². The third kappa shape index (κ3) is 8.97. The number of benzene rings is 1. The molecule has 23 heavy (non-hydrogen) atoms. The highest BCUT2D eigenvalue weighted by Crippen LogP contribution is 2.25. The summed E-state index contributed by atoms with van der Waals surface area (Å²) >= 11 is 0. The van der Waals surface area contributed by atoms with Crippen LogP contribution < -0.4 is 0 Å². The second kappa shape index (κ2) is 12.6. The van der Waals surface area contributed by atoms with Crippen molar-refractivity contribution in [1.29, 1.82) is 0 Å². The zero-order chi connectivity index (χ0) is 18.6. The number of allylic oxidation sites excluding steroid dienone is 4. The fourth-order valence-electron chi connectivity index (χ4n) is 1.92. The maximum absolute atomic E-state index is 11.7. The smallest absolute Gasteiger partial charge is 0.160 e. The lowest BCUT2D eigenvalue weighted by Gasteiger charge is -2.11. The van der Waals surface area contributed by atoms with E-state index in [4.69, 9.17) is 0 Å². The number of carbonyl (C=O) groups excluding carboxylic acids is 1. The van der Waals surface area contributed by atoms with Crippen molar-refractivity contribution in [1.82, 2.24) is 0 Å². The summed E-state index contributed by atoms with van der Waals surface area (Å²) < 4.78 is 0.